The molecular weight excluding hydrogens is 1100 g/mol. The zero-order valence-corrected chi connectivity index (χ0v) is 52.6. The van der Waals surface area contributed by atoms with Crippen molar-refractivity contribution < 1.29 is 75.8 Å². The molecule has 0 heterocycles. The van der Waals surface area contributed by atoms with Gasteiger partial charge in [-0.3, -0.25) is 32.5 Å². The second-order valence-electron chi connectivity index (χ2n) is 20.1. The number of carbonyl (C=O) groups is 3. The minimum atomic E-state index is -4.93. The third-order valence-electron chi connectivity index (χ3n) is 12.2. The SMILES string of the molecule is CC/C=C\C/C=C\C/C=C\C/C=C\C/C=C\C/C=C\CCCCC(=O)OCC(O)COP(=O)(O)OCC(O)COP(=O)(O)OCC(COC(=O)CCCCCCC/C=C\C/C=C\C/C=C\CC)OC(=O)CCCCCCC/C=C\CCCC. The average molecular weight is 1210 g/mol. The van der Waals surface area contributed by atoms with Crippen molar-refractivity contribution in [1.82, 2.24) is 0 Å². The second kappa shape index (κ2) is 58.3. The summed E-state index contributed by atoms with van der Waals surface area (Å²) in [6.07, 6.45) is 64.2. The summed E-state index contributed by atoms with van der Waals surface area (Å²) in [5.41, 5.74) is 0. The van der Waals surface area contributed by atoms with Crippen LogP contribution < -0.4 is 0 Å². The topological polar surface area (TPSA) is 231 Å². The van der Waals surface area contributed by atoms with Gasteiger partial charge in [-0.05, 0) is 122 Å². The molecule has 0 saturated carbocycles. The molecule has 0 saturated heterocycles. The van der Waals surface area contributed by atoms with Crippen molar-refractivity contribution >= 4 is 33.6 Å². The largest absolute Gasteiger partial charge is 0.472 e. The Balaban J connectivity index is 4.66. The Kier molecular flexibility index (Phi) is 55.5. The molecule has 0 aromatic heterocycles. The monoisotopic (exact) mass is 1210 g/mol. The Morgan fingerprint density at radius 2 is 0.639 bits per heavy atom. The molecule has 0 aliphatic heterocycles. The van der Waals surface area contributed by atoms with E-state index >= 15 is 0 Å². The molecule has 0 amide bonds. The molecule has 0 spiro atoms. The molecule has 18 heteroatoms. The van der Waals surface area contributed by atoms with Crippen LogP contribution in [0.2, 0.25) is 0 Å². The highest BCUT2D eigenvalue weighted by Gasteiger charge is 2.29. The molecule has 4 N–H and O–H groups in total. The van der Waals surface area contributed by atoms with Crippen LogP contribution in [0.5, 0.6) is 0 Å². The average Bonchev–Trinajstić information content (AvgIpc) is 3.46. The van der Waals surface area contributed by atoms with Gasteiger partial charge in [-0.2, -0.15) is 0 Å². The number of allylic oxidation sites excluding steroid dienone is 20. The van der Waals surface area contributed by atoms with E-state index in [2.05, 4.69) is 142 Å². The van der Waals surface area contributed by atoms with E-state index in [9.17, 15) is 43.5 Å². The Morgan fingerprint density at radius 1 is 0.349 bits per heavy atom. The molecule has 5 unspecified atom stereocenters. The van der Waals surface area contributed by atoms with Crippen LogP contribution in [0.4, 0.5) is 0 Å². The van der Waals surface area contributed by atoms with Crippen LogP contribution in [0.25, 0.3) is 0 Å². The van der Waals surface area contributed by atoms with E-state index in [1.54, 1.807) is 0 Å². The summed E-state index contributed by atoms with van der Waals surface area (Å²) in [5.74, 6) is -1.66. The van der Waals surface area contributed by atoms with E-state index in [0.29, 0.717) is 19.3 Å². The van der Waals surface area contributed by atoms with Gasteiger partial charge in [0.05, 0.1) is 26.4 Å². The molecule has 83 heavy (non-hydrogen) atoms. The number of aliphatic hydroxyl groups is 2. The van der Waals surface area contributed by atoms with Crippen LogP contribution in [0, 0.1) is 0 Å². The van der Waals surface area contributed by atoms with E-state index in [0.717, 1.165) is 141 Å². The molecule has 0 aliphatic carbocycles. The molecule has 0 aromatic carbocycles. The highest BCUT2D eigenvalue weighted by atomic mass is 31.2. The number of ether oxygens (including phenoxy) is 3. The van der Waals surface area contributed by atoms with Gasteiger partial charge in [0.25, 0.3) is 0 Å². The molecule has 0 radical (unpaired) electrons. The van der Waals surface area contributed by atoms with Gasteiger partial charge in [-0.1, -0.05) is 194 Å². The van der Waals surface area contributed by atoms with Crippen molar-refractivity contribution in [3.8, 4) is 0 Å². The smallest absolute Gasteiger partial charge is 0.463 e. The first-order valence-electron chi connectivity index (χ1n) is 30.8. The first-order chi connectivity index (χ1) is 40.2. The summed E-state index contributed by atoms with van der Waals surface area (Å²) in [5, 5.41) is 20.5. The van der Waals surface area contributed by atoms with Crippen molar-refractivity contribution in [1.29, 1.82) is 0 Å². The number of hydrogen-bond acceptors (Lipinski definition) is 14. The van der Waals surface area contributed by atoms with Gasteiger partial charge < -0.3 is 34.2 Å². The van der Waals surface area contributed by atoms with Crippen LogP contribution in [-0.2, 0) is 55.8 Å². The number of unbranched alkanes of at least 4 members (excludes halogenated alkanes) is 14. The van der Waals surface area contributed by atoms with Crippen molar-refractivity contribution in [2.75, 3.05) is 39.6 Å². The number of carbonyl (C=O) groups excluding carboxylic acids is 3. The molecule has 474 valence electrons. The fraction of sp³-hybridized carbons (Fsp3) is 0.646. The van der Waals surface area contributed by atoms with E-state index in [1.807, 2.05) is 0 Å². The Bertz CT molecular complexity index is 2000. The van der Waals surface area contributed by atoms with E-state index in [-0.39, 0.29) is 19.3 Å². The summed E-state index contributed by atoms with van der Waals surface area (Å²) >= 11 is 0. The molecule has 0 aromatic rings. The molecule has 5 atom stereocenters. The predicted octanol–water partition coefficient (Wildman–Crippen LogP) is 16.3. The normalized spacial score (nSPS) is 15.2. The maximum Gasteiger partial charge on any atom is 0.472 e. The van der Waals surface area contributed by atoms with Gasteiger partial charge in [-0.25, -0.2) is 9.13 Å². The maximum atomic E-state index is 12.8. The van der Waals surface area contributed by atoms with Gasteiger partial charge in [0, 0.05) is 19.3 Å². The first-order valence-corrected chi connectivity index (χ1v) is 33.8. The second-order valence-corrected chi connectivity index (χ2v) is 23.0. The molecular formula is C65H108O16P2. The van der Waals surface area contributed by atoms with Crippen molar-refractivity contribution in [2.45, 2.75) is 232 Å². The molecule has 0 aliphatic rings. The number of rotatable bonds is 57. The van der Waals surface area contributed by atoms with Crippen molar-refractivity contribution in [2.24, 2.45) is 0 Å². The summed E-state index contributed by atoms with van der Waals surface area (Å²) < 4.78 is 60.6. The highest BCUT2D eigenvalue weighted by molar-refractivity contribution is 7.47. The lowest BCUT2D eigenvalue weighted by molar-refractivity contribution is -0.161. The quantitative estimate of drug-likeness (QED) is 0.0146. The molecule has 0 fully saturated rings. The number of esters is 3. The Labute approximate surface area is 500 Å². The van der Waals surface area contributed by atoms with Gasteiger partial charge in [-0.15, -0.1) is 0 Å². The van der Waals surface area contributed by atoms with Crippen LogP contribution in [0.3, 0.4) is 0 Å². The Hall–Kier alpha value is -4.05. The summed E-state index contributed by atoms with van der Waals surface area (Å²) in [6.45, 7) is 2.27. The van der Waals surface area contributed by atoms with Gasteiger partial charge in [0.15, 0.2) is 6.10 Å². The van der Waals surface area contributed by atoms with Crippen molar-refractivity contribution in [3.05, 3.63) is 122 Å². The Morgan fingerprint density at radius 3 is 1.05 bits per heavy atom. The fourth-order valence-corrected chi connectivity index (χ4v) is 9.03. The summed E-state index contributed by atoms with van der Waals surface area (Å²) in [4.78, 5) is 58.1. The van der Waals surface area contributed by atoms with Crippen LogP contribution >= 0.6 is 15.6 Å². The van der Waals surface area contributed by atoms with E-state index in [1.165, 1.54) is 12.8 Å². The van der Waals surface area contributed by atoms with E-state index in [4.69, 9.17) is 32.3 Å². The number of hydrogen-bond donors (Lipinski definition) is 4. The van der Waals surface area contributed by atoms with Gasteiger partial charge in [0.2, 0.25) is 0 Å². The molecule has 16 nitrogen and oxygen atoms in total. The zero-order valence-electron chi connectivity index (χ0n) is 50.8. The fourth-order valence-electron chi connectivity index (χ4n) is 7.45. The lowest BCUT2D eigenvalue weighted by Crippen LogP contribution is -2.30. The number of aliphatic hydroxyl groups excluding tert-OH is 2. The standard InChI is InChI=1S/C65H108O16P2/c1-4-7-10-13-16-19-22-24-26-27-28-29-30-31-33-35-37-39-42-45-48-51-63(68)75-54-60(66)55-77-82(71,72)78-56-61(67)57-79-83(73,74)80-59-62(81-65(70)53-50-47-44-41-36-21-18-15-12-9-6-3)58-76-64(69)52-49-46-43-40-38-34-32-25-23-20-17-14-11-8-5-2/h7-8,10-11,15-20,24-26,28-29,31-33,37,39,60-62,66-67H,4-6,9,12-14,21-23,27,30,34-36,38,40-59H2,1-3H3,(H,71,72)(H,73,74)/b10-7-,11-8-,18-15-,19-16-,20-17-,26-24-,29-28-,32-25-,33-31-,39-37-. The molecule has 0 rings (SSSR count). The van der Waals surface area contributed by atoms with E-state index < -0.39 is 91.5 Å². The lowest BCUT2D eigenvalue weighted by atomic mass is 10.1. The summed E-state index contributed by atoms with van der Waals surface area (Å²) in [7, 11) is -9.79. The minimum Gasteiger partial charge on any atom is -0.463 e. The maximum absolute atomic E-state index is 12.8. The van der Waals surface area contributed by atoms with Gasteiger partial charge >= 0.3 is 33.6 Å². The third-order valence-corrected chi connectivity index (χ3v) is 14.1. The predicted molar refractivity (Wildman–Crippen MR) is 334 cm³/mol. The van der Waals surface area contributed by atoms with Crippen LogP contribution in [0.15, 0.2) is 122 Å². The highest BCUT2D eigenvalue weighted by Crippen LogP contribution is 2.45. The number of phosphoric acid groups is 2. The summed E-state index contributed by atoms with van der Waals surface area (Å²) in [6, 6.07) is 0. The number of phosphoric ester groups is 2. The van der Waals surface area contributed by atoms with Crippen LogP contribution in [0.1, 0.15) is 213 Å². The molecule has 0 bridgehead atoms. The first kappa shape index (κ1) is 79.0. The third kappa shape index (κ3) is 59.5. The van der Waals surface area contributed by atoms with Crippen molar-refractivity contribution in [3.63, 3.8) is 0 Å². The van der Waals surface area contributed by atoms with Crippen LogP contribution in [-0.4, -0.2) is 95.9 Å². The van der Waals surface area contributed by atoms with Gasteiger partial charge in [0.1, 0.15) is 25.4 Å². The zero-order chi connectivity index (χ0) is 61.0. The lowest BCUT2D eigenvalue weighted by Gasteiger charge is -2.21. The minimum absolute atomic E-state index is 0.0861.